The molecule has 0 atom stereocenters. The van der Waals surface area contributed by atoms with Gasteiger partial charge in [0.1, 0.15) is 0 Å². The second kappa shape index (κ2) is 9.89. The number of amides is 1. The first kappa shape index (κ1) is 23.8. The Bertz CT molecular complexity index is 1270. The Morgan fingerprint density at radius 3 is 2.24 bits per heavy atom. The maximum absolute atomic E-state index is 13.4. The lowest BCUT2D eigenvalue weighted by atomic mass is 10.1. The predicted molar refractivity (Wildman–Crippen MR) is 137 cm³/mol. The van der Waals surface area contributed by atoms with Crippen molar-refractivity contribution in [2.45, 2.75) is 25.7 Å². The number of para-hydroxylation sites is 1. The highest BCUT2D eigenvalue weighted by atomic mass is 32.2. The summed E-state index contributed by atoms with van der Waals surface area (Å²) in [5.74, 6) is -0.138. The van der Waals surface area contributed by atoms with Crippen LogP contribution in [0.2, 0.25) is 0 Å². The highest BCUT2D eigenvalue weighted by molar-refractivity contribution is 7.92. The number of sulfonamides is 1. The monoisotopic (exact) mass is 477 g/mol. The van der Waals surface area contributed by atoms with E-state index in [9.17, 15) is 13.2 Å². The minimum absolute atomic E-state index is 0.123. The summed E-state index contributed by atoms with van der Waals surface area (Å²) in [7, 11) is -3.79. The fourth-order valence-corrected chi connectivity index (χ4v) is 5.93. The van der Waals surface area contributed by atoms with E-state index in [0.29, 0.717) is 30.9 Å². The van der Waals surface area contributed by atoms with Gasteiger partial charge in [0.15, 0.2) is 0 Å². The molecule has 0 radical (unpaired) electrons. The van der Waals surface area contributed by atoms with Crippen molar-refractivity contribution in [2.24, 2.45) is 0 Å². The van der Waals surface area contributed by atoms with Crippen molar-refractivity contribution < 1.29 is 13.2 Å². The summed E-state index contributed by atoms with van der Waals surface area (Å²) < 4.78 is 28.1. The van der Waals surface area contributed by atoms with Crippen molar-refractivity contribution in [1.82, 2.24) is 4.90 Å². The second-order valence-corrected chi connectivity index (χ2v) is 10.4. The molecule has 6 nitrogen and oxygen atoms in total. The minimum Gasteiger partial charge on any atom is -0.368 e. The standard InChI is InChI=1S/C27H31N3O3S/c1-4-30(24-12-6-5-7-13-24)34(32,33)25-14-9-11-23(20-25)27(31)29-18-16-28(17-19-29)26-15-8-10-21(2)22(26)3/h5-15,20H,4,16-19H2,1-3H3. The molecule has 3 aromatic rings. The third-order valence-electron chi connectivity index (χ3n) is 6.48. The molecule has 34 heavy (non-hydrogen) atoms. The SMILES string of the molecule is CCN(c1ccccc1)S(=O)(=O)c1cccc(C(=O)N2CCN(c3cccc(C)c3C)CC2)c1. The molecule has 0 bridgehead atoms. The van der Waals surface area contributed by atoms with Crippen molar-refractivity contribution in [3.05, 3.63) is 89.5 Å². The molecule has 1 saturated heterocycles. The van der Waals surface area contributed by atoms with Crippen LogP contribution >= 0.6 is 0 Å². The fourth-order valence-electron chi connectivity index (χ4n) is 4.41. The van der Waals surface area contributed by atoms with Gasteiger partial charge in [-0.1, -0.05) is 36.4 Å². The summed E-state index contributed by atoms with van der Waals surface area (Å²) in [5.41, 5.74) is 4.72. The van der Waals surface area contributed by atoms with E-state index < -0.39 is 10.0 Å². The van der Waals surface area contributed by atoms with Gasteiger partial charge < -0.3 is 9.80 Å². The van der Waals surface area contributed by atoms with E-state index in [2.05, 4.69) is 36.9 Å². The molecule has 0 spiro atoms. The van der Waals surface area contributed by atoms with Crippen molar-refractivity contribution in [2.75, 3.05) is 41.9 Å². The molecule has 7 heteroatoms. The average Bonchev–Trinajstić information content (AvgIpc) is 2.86. The van der Waals surface area contributed by atoms with E-state index in [4.69, 9.17) is 0 Å². The number of anilines is 2. The van der Waals surface area contributed by atoms with Crippen LogP contribution < -0.4 is 9.21 Å². The van der Waals surface area contributed by atoms with Crippen molar-refractivity contribution in [3.63, 3.8) is 0 Å². The van der Waals surface area contributed by atoms with E-state index in [1.165, 1.54) is 27.2 Å². The normalized spacial score (nSPS) is 14.2. The topological polar surface area (TPSA) is 60.9 Å². The van der Waals surface area contributed by atoms with Crippen LogP contribution in [0.5, 0.6) is 0 Å². The molecule has 1 aliphatic heterocycles. The molecular formula is C27H31N3O3S. The number of carbonyl (C=O) groups excluding carboxylic acids is 1. The van der Waals surface area contributed by atoms with E-state index >= 15 is 0 Å². The Morgan fingerprint density at radius 1 is 0.882 bits per heavy atom. The molecule has 178 valence electrons. The van der Waals surface area contributed by atoms with Crippen LogP contribution in [0.15, 0.2) is 77.7 Å². The van der Waals surface area contributed by atoms with Gasteiger partial charge in [-0.3, -0.25) is 9.10 Å². The Hall–Kier alpha value is -3.32. The zero-order chi connectivity index (χ0) is 24.3. The lowest BCUT2D eigenvalue weighted by Crippen LogP contribution is -2.49. The average molecular weight is 478 g/mol. The number of rotatable bonds is 6. The van der Waals surface area contributed by atoms with Gasteiger partial charge in [0.05, 0.1) is 10.6 Å². The Labute approximate surface area is 202 Å². The molecule has 4 rings (SSSR count). The first-order chi connectivity index (χ1) is 16.3. The van der Waals surface area contributed by atoms with E-state index in [0.717, 1.165) is 13.1 Å². The lowest BCUT2D eigenvalue weighted by molar-refractivity contribution is 0.0746. The summed E-state index contributed by atoms with van der Waals surface area (Å²) in [6, 6.07) is 21.7. The highest BCUT2D eigenvalue weighted by Crippen LogP contribution is 2.26. The van der Waals surface area contributed by atoms with E-state index in [1.54, 1.807) is 37.3 Å². The first-order valence-corrected chi connectivity index (χ1v) is 13.0. The number of hydrogen-bond donors (Lipinski definition) is 0. The molecule has 1 fully saturated rings. The summed E-state index contributed by atoms with van der Waals surface area (Å²) in [4.78, 5) is 17.5. The molecule has 0 aliphatic carbocycles. The summed E-state index contributed by atoms with van der Waals surface area (Å²) >= 11 is 0. The molecule has 1 heterocycles. The van der Waals surface area contributed by atoms with Crippen LogP contribution in [0.4, 0.5) is 11.4 Å². The number of benzene rings is 3. The van der Waals surface area contributed by atoms with Gasteiger partial charge in [0.25, 0.3) is 15.9 Å². The third-order valence-corrected chi connectivity index (χ3v) is 8.38. The van der Waals surface area contributed by atoms with Crippen molar-refractivity contribution in [3.8, 4) is 0 Å². The summed E-state index contributed by atoms with van der Waals surface area (Å²) in [6.45, 7) is 9.00. The van der Waals surface area contributed by atoms with Crippen LogP contribution in [0, 0.1) is 13.8 Å². The maximum atomic E-state index is 13.4. The van der Waals surface area contributed by atoms with Crippen LogP contribution in [0.3, 0.4) is 0 Å². The first-order valence-electron chi connectivity index (χ1n) is 11.6. The van der Waals surface area contributed by atoms with Crippen LogP contribution in [-0.2, 0) is 10.0 Å². The lowest BCUT2D eigenvalue weighted by Gasteiger charge is -2.37. The molecule has 0 saturated carbocycles. The quantitative estimate of drug-likeness (QED) is 0.525. The highest BCUT2D eigenvalue weighted by Gasteiger charge is 2.27. The van der Waals surface area contributed by atoms with Crippen LogP contribution in [-0.4, -0.2) is 51.9 Å². The number of piperazine rings is 1. The van der Waals surface area contributed by atoms with Gasteiger partial charge in [-0.05, 0) is 68.3 Å². The van der Waals surface area contributed by atoms with Crippen LogP contribution in [0.1, 0.15) is 28.4 Å². The number of hydrogen-bond acceptors (Lipinski definition) is 4. The van der Waals surface area contributed by atoms with E-state index in [1.807, 2.05) is 23.1 Å². The van der Waals surface area contributed by atoms with E-state index in [-0.39, 0.29) is 10.8 Å². The maximum Gasteiger partial charge on any atom is 0.264 e. The van der Waals surface area contributed by atoms with Crippen molar-refractivity contribution in [1.29, 1.82) is 0 Å². The molecule has 3 aromatic carbocycles. The fraction of sp³-hybridized carbons (Fsp3) is 0.296. The summed E-state index contributed by atoms with van der Waals surface area (Å²) in [6.07, 6.45) is 0. The van der Waals surface area contributed by atoms with Crippen LogP contribution in [0.25, 0.3) is 0 Å². The predicted octanol–water partition coefficient (Wildman–Crippen LogP) is 4.48. The van der Waals surface area contributed by atoms with Gasteiger partial charge >= 0.3 is 0 Å². The number of nitrogens with zero attached hydrogens (tertiary/aromatic N) is 3. The Morgan fingerprint density at radius 2 is 1.56 bits per heavy atom. The minimum atomic E-state index is -3.79. The largest absolute Gasteiger partial charge is 0.368 e. The second-order valence-electron chi connectivity index (χ2n) is 8.53. The van der Waals surface area contributed by atoms with Gasteiger partial charge in [0.2, 0.25) is 0 Å². The molecule has 1 amide bonds. The number of carbonyl (C=O) groups is 1. The molecular weight excluding hydrogens is 446 g/mol. The van der Waals surface area contributed by atoms with Gasteiger partial charge in [-0.2, -0.15) is 0 Å². The Kier molecular flexibility index (Phi) is 6.93. The van der Waals surface area contributed by atoms with Crippen molar-refractivity contribution >= 4 is 27.3 Å². The van der Waals surface area contributed by atoms with Gasteiger partial charge in [-0.25, -0.2) is 8.42 Å². The zero-order valence-corrected chi connectivity index (χ0v) is 20.8. The Balaban J connectivity index is 1.51. The zero-order valence-electron chi connectivity index (χ0n) is 19.9. The third kappa shape index (κ3) is 4.66. The number of aryl methyl sites for hydroxylation is 1. The smallest absolute Gasteiger partial charge is 0.264 e. The van der Waals surface area contributed by atoms with Gasteiger partial charge in [-0.15, -0.1) is 0 Å². The molecule has 0 N–H and O–H groups in total. The molecule has 0 unspecified atom stereocenters. The van der Waals surface area contributed by atoms with Gasteiger partial charge in [0, 0.05) is 44.0 Å². The molecule has 1 aliphatic rings. The summed E-state index contributed by atoms with van der Waals surface area (Å²) in [5, 5.41) is 0. The molecule has 0 aromatic heterocycles.